The third-order valence-electron chi connectivity index (χ3n) is 4.54. The molecule has 3 rings (SSSR count). The average Bonchev–Trinajstić information content (AvgIpc) is 2.88. The Kier molecular flexibility index (Phi) is 4.11. The van der Waals surface area contributed by atoms with Gasteiger partial charge in [-0.1, -0.05) is 25.5 Å². The summed E-state index contributed by atoms with van der Waals surface area (Å²) in [6, 6.07) is 7.89. The summed E-state index contributed by atoms with van der Waals surface area (Å²) in [7, 11) is 0. The average molecular weight is 326 g/mol. The van der Waals surface area contributed by atoms with Crippen LogP contribution >= 0.6 is 11.3 Å². The Labute approximate surface area is 141 Å². The van der Waals surface area contributed by atoms with Crippen LogP contribution in [0.15, 0.2) is 47.5 Å². The molecule has 2 aromatic rings. The van der Waals surface area contributed by atoms with E-state index >= 15 is 0 Å². The van der Waals surface area contributed by atoms with Crippen molar-refractivity contribution in [3.8, 4) is 10.6 Å². The van der Waals surface area contributed by atoms with Crippen LogP contribution in [0.5, 0.6) is 0 Å². The Hall–Kier alpha value is -1.94. The number of amides is 1. The summed E-state index contributed by atoms with van der Waals surface area (Å²) in [5, 5.41) is 6.01. The van der Waals surface area contributed by atoms with Gasteiger partial charge in [0.15, 0.2) is 0 Å². The molecule has 1 aromatic heterocycles. The Morgan fingerprint density at radius 2 is 1.96 bits per heavy atom. The van der Waals surface area contributed by atoms with Gasteiger partial charge in [-0.25, -0.2) is 4.98 Å². The first kappa shape index (κ1) is 15.9. The van der Waals surface area contributed by atoms with Crippen molar-refractivity contribution in [2.45, 2.75) is 27.7 Å². The Morgan fingerprint density at radius 3 is 2.52 bits per heavy atom. The highest BCUT2D eigenvalue weighted by Gasteiger charge is 2.60. The van der Waals surface area contributed by atoms with Crippen LogP contribution in [0.1, 0.15) is 27.7 Å². The number of hydrogen-bond acceptors (Lipinski definition) is 3. The monoisotopic (exact) mass is 326 g/mol. The van der Waals surface area contributed by atoms with Crippen molar-refractivity contribution in [3.05, 3.63) is 47.5 Å². The van der Waals surface area contributed by atoms with Gasteiger partial charge in [-0.05, 0) is 49.4 Å². The first-order chi connectivity index (χ1) is 10.9. The summed E-state index contributed by atoms with van der Waals surface area (Å²) in [5.74, 6) is 0.498. The molecule has 4 heteroatoms. The lowest BCUT2D eigenvalue weighted by atomic mass is 10.1. The molecule has 0 bridgehead atoms. The first-order valence-electron chi connectivity index (χ1n) is 7.85. The summed E-state index contributed by atoms with van der Waals surface area (Å²) >= 11 is 1.61. The largest absolute Gasteiger partial charge is 0.326 e. The normalized spacial score (nSPS) is 21.6. The lowest BCUT2D eigenvalue weighted by molar-refractivity contribution is -0.118. The maximum Gasteiger partial charge on any atom is 0.228 e. The van der Waals surface area contributed by atoms with Crippen molar-refractivity contribution in [3.63, 3.8) is 0 Å². The SMILES string of the molecule is CC(C)=C[C@@H]1[C@@H](C(=O)Nc2ccc(-c3nccs3)cc2)C1(C)C. The quantitative estimate of drug-likeness (QED) is 0.805. The fourth-order valence-corrected chi connectivity index (χ4v) is 3.78. The van der Waals surface area contributed by atoms with E-state index in [-0.39, 0.29) is 17.2 Å². The molecule has 1 saturated carbocycles. The molecule has 0 saturated heterocycles. The van der Waals surface area contributed by atoms with Gasteiger partial charge in [-0.2, -0.15) is 0 Å². The second kappa shape index (κ2) is 5.93. The van der Waals surface area contributed by atoms with Crippen LogP contribution in [-0.4, -0.2) is 10.9 Å². The van der Waals surface area contributed by atoms with Gasteiger partial charge in [0, 0.05) is 22.8 Å². The van der Waals surface area contributed by atoms with Gasteiger partial charge in [-0.3, -0.25) is 4.79 Å². The minimum absolute atomic E-state index is 0.0438. The van der Waals surface area contributed by atoms with Crippen LogP contribution in [0.2, 0.25) is 0 Å². The minimum atomic E-state index is 0.0438. The number of thiazole rings is 1. The van der Waals surface area contributed by atoms with Crippen LogP contribution in [0.25, 0.3) is 10.6 Å². The molecule has 0 spiro atoms. The van der Waals surface area contributed by atoms with Gasteiger partial charge in [0.2, 0.25) is 5.91 Å². The zero-order valence-electron chi connectivity index (χ0n) is 14.0. The van der Waals surface area contributed by atoms with Crippen LogP contribution in [0, 0.1) is 17.3 Å². The summed E-state index contributed by atoms with van der Waals surface area (Å²) in [4.78, 5) is 16.8. The van der Waals surface area contributed by atoms with E-state index in [2.05, 4.69) is 44.1 Å². The number of hydrogen-bond donors (Lipinski definition) is 1. The summed E-state index contributed by atoms with van der Waals surface area (Å²) in [6.07, 6.45) is 4.02. The van der Waals surface area contributed by atoms with Gasteiger partial charge in [0.25, 0.3) is 0 Å². The van der Waals surface area contributed by atoms with Gasteiger partial charge in [0.1, 0.15) is 5.01 Å². The molecule has 23 heavy (non-hydrogen) atoms. The smallest absolute Gasteiger partial charge is 0.228 e. The summed E-state index contributed by atoms with van der Waals surface area (Å²) in [6.45, 7) is 8.49. The van der Waals surface area contributed by atoms with E-state index < -0.39 is 0 Å². The first-order valence-corrected chi connectivity index (χ1v) is 8.73. The van der Waals surface area contributed by atoms with E-state index in [0.29, 0.717) is 5.92 Å². The summed E-state index contributed by atoms with van der Waals surface area (Å²) < 4.78 is 0. The van der Waals surface area contributed by atoms with Crippen molar-refractivity contribution in [2.75, 3.05) is 5.32 Å². The molecule has 1 N–H and O–H groups in total. The van der Waals surface area contributed by atoms with Crippen molar-refractivity contribution < 1.29 is 4.79 Å². The van der Waals surface area contributed by atoms with Gasteiger partial charge in [-0.15, -0.1) is 11.3 Å². The van der Waals surface area contributed by atoms with Crippen LogP contribution in [0.3, 0.4) is 0 Å². The predicted octanol–water partition coefficient (Wildman–Crippen LogP) is 4.99. The number of nitrogens with zero attached hydrogens (tertiary/aromatic N) is 1. The molecule has 1 aromatic carbocycles. The Morgan fingerprint density at radius 1 is 1.26 bits per heavy atom. The molecular formula is C19H22N2OS. The third kappa shape index (κ3) is 3.22. The highest BCUT2D eigenvalue weighted by molar-refractivity contribution is 7.13. The number of allylic oxidation sites excluding steroid dienone is 2. The molecule has 3 nitrogen and oxygen atoms in total. The number of rotatable bonds is 4. The molecule has 1 aliphatic rings. The van der Waals surface area contributed by atoms with E-state index in [9.17, 15) is 4.79 Å². The van der Waals surface area contributed by atoms with E-state index in [1.165, 1.54) is 5.57 Å². The molecule has 1 aliphatic carbocycles. The maximum atomic E-state index is 12.5. The van der Waals surface area contributed by atoms with Crippen molar-refractivity contribution in [1.29, 1.82) is 0 Å². The Balaban J connectivity index is 1.68. The standard InChI is InChI=1S/C19H22N2OS/c1-12(2)11-15-16(19(15,3)4)17(22)21-14-7-5-13(6-8-14)18-20-9-10-23-18/h5-11,15-16H,1-4H3,(H,21,22)/t15-,16+/m1/s1. The molecule has 1 amide bonds. The molecular weight excluding hydrogens is 304 g/mol. The molecule has 1 fully saturated rings. The summed E-state index contributed by atoms with van der Waals surface area (Å²) in [5.41, 5.74) is 3.23. The third-order valence-corrected chi connectivity index (χ3v) is 5.36. The zero-order chi connectivity index (χ0) is 16.6. The van der Waals surface area contributed by atoms with Crippen LogP contribution in [-0.2, 0) is 4.79 Å². The highest BCUT2D eigenvalue weighted by atomic mass is 32.1. The van der Waals surface area contributed by atoms with Gasteiger partial charge < -0.3 is 5.32 Å². The fourth-order valence-electron chi connectivity index (χ4n) is 3.13. The van der Waals surface area contributed by atoms with E-state index in [0.717, 1.165) is 16.3 Å². The van der Waals surface area contributed by atoms with Crippen molar-refractivity contribution >= 4 is 22.9 Å². The Bertz CT molecular complexity index is 725. The van der Waals surface area contributed by atoms with Crippen LogP contribution < -0.4 is 5.32 Å². The van der Waals surface area contributed by atoms with Crippen LogP contribution in [0.4, 0.5) is 5.69 Å². The number of carbonyl (C=O) groups excluding carboxylic acids is 1. The maximum absolute atomic E-state index is 12.5. The second-order valence-corrected chi connectivity index (χ2v) is 7.87. The molecule has 2 atom stereocenters. The number of carbonyl (C=O) groups is 1. The van der Waals surface area contributed by atoms with Crippen molar-refractivity contribution in [2.24, 2.45) is 17.3 Å². The van der Waals surface area contributed by atoms with E-state index in [1.807, 2.05) is 29.6 Å². The fraction of sp³-hybridized carbons (Fsp3) is 0.368. The lowest BCUT2D eigenvalue weighted by Gasteiger charge is -2.07. The molecule has 0 unspecified atom stereocenters. The molecule has 1 heterocycles. The number of benzene rings is 1. The molecule has 0 aliphatic heterocycles. The molecule has 120 valence electrons. The number of anilines is 1. The van der Waals surface area contributed by atoms with E-state index in [4.69, 9.17) is 0 Å². The number of nitrogens with one attached hydrogen (secondary N) is 1. The second-order valence-electron chi connectivity index (χ2n) is 6.97. The van der Waals surface area contributed by atoms with Crippen molar-refractivity contribution in [1.82, 2.24) is 4.98 Å². The lowest BCUT2D eigenvalue weighted by Crippen LogP contribution is -2.16. The van der Waals surface area contributed by atoms with Gasteiger partial charge in [0.05, 0.1) is 5.92 Å². The number of aromatic nitrogens is 1. The van der Waals surface area contributed by atoms with Gasteiger partial charge >= 0.3 is 0 Å². The highest BCUT2D eigenvalue weighted by Crippen LogP contribution is 2.59. The predicted molar refractivity (Wildman–Crippen MR) is 96.4 cm³/mol. The zero-order valence-corrected chi connectivity index (χ0v) is 14.8. The topological polar surface area (TPSA) is 42.0 Å². The minimum Gasteiger partial charge on any atom is -0.326 e. The van der Waals surface area contributed by atoms with E-state index in [1.54, 1.807) is 17.5 Å². The molecule has 0 radical (unpaired) electrons.